The number of carboxylic acids is 1. The quantitative estimate of drug-likeness (QED) is 0.813. The molecular formula is C16H21NO4. The van der Waals surface area contributed by atoms with Gasteiger partial charge in [-0.15, -0.1) is 0 Å². The van der Waals surface area contributed by atoms with Gasteiger partial charge in [0.15, 0.2) is 5.78 Å². The molecule has 1 N–H and O–H groups in total. The molecule has 0 bridgehead atoms. The van der Waals surface area contributed by atoms with E-state index in [9.17, 15) is 9.59 Å². The Morgan fingerprint density at radius 1 is 1.38 bits per heavy atom. The molecule has 1 aromatic rings. The van der Waals surface area contributed by atoms with Crippen molar-refractivity contribution < 1.29 is 19.4 Å². The molecule has 1 aliphatic heterocycles. The second kappa shape index (κ2) is 7.22. The van der Waals surface area contributed by atoms with Crippen LogP contribution in [0.15, 0.2) is 24.3 Å². The summed E-state index contributed by atoms with van der Waals surface area (Å²) in [6, 6.07) is 7.18. The molecule has 2 rings (SSSR count). The molecule has 0 aliphatic carbocycles. The summed E-state index contributed by atoms with van der Waals surface area (Å²) in [6.45, 7) is 4.13. The van der Waals surface area contributed by atoms with Gasteiger partial charge in [0.05, 0.1) is 11.5 Å². The zero-order valence-electron chi connectivity index (χ0n) is 12.2. The van der Waals surface area contributed by atoms with Crippen molar-refractivity contribution in [3.8, 4) is 5.75 Å². The van der Waals surface area contributed by atoms with Gasteiger partial charge in [-0.1, -0.05) is 12.1 Å². The average Bonchev–Trinajstić information content (AvgIpc) is 2.48. The fraction of sp³-hybridized carbons (Fsp3) is 0.500. The molecule has 1 unspecified atom stereocenters. The van der Waals surface area contributed by atoms with E-state index in [0.29, 0.717) is 31.0 Å². The number of hydrogen-bond donors (Lipinski definition) is 1. The molecule has 1 saturated heterocycles. The maximum atomic E-state index is 11.5. The van der Waals surface area contributed by atoms with Crippen LogP contribution in [-0.4, -0.2) is 48.0 Å². The van der Waals surface area contributed by atoms with Gasteiger partial charge in [-0.3, -0.25) is 14.5 Å². The molecule has 1 atom stereocenters. The zero-order chi connectivity index (χ0) is 15.2. The SMILES string of the molecule is CC(=O)c1ccccc1OCCN1CCCC(C(=O)O)C1. The highest BCUT2D eigenvalue weighted by atomic mass is 16.5. The highest BCUT2D eigenvalue weighted by molar-refractivity contribution is 5.96. The Morgan fingerprint density at radius 2 is 2.14 bits per heavy atom. The van der Waals surface area contributed by atoms with Gasteiger partial charge < -0.3 is 9.84 Å². The second-order valence-corrected chi connectivity index (χ2v) is 5.38. The van der Waals surface area contributed by atoms with Crippen LogP contribution in [-0.2, 0) is 4.79 Å². The topological polar surface area (TPSA) is 66.8 Å². The molecule has 1 aliphatic rings. The van der Waals surface area contributed by atoms with Crippen LogP contribution in [0.1, 0.15) is 30.1 Å². The van der Waals surface area contributed by atoms with Crippen molar-refractivity contribution in [2.45, 2.75) is 19.8 Å². The summed E-state index contributed by atoms with van der Waals surface area (Å²) in [4.78, 5) is 24.6. The molecule has 0 radical (unpaired) electrons. The van der Waals surface area contributed by atoms with Gasteiger partial charge >= 0.3 is 5.97 Å². The number of carbonyl (C=O) groups excluding carboxylic acids is 1. The first-order valence-corrected chi connectivity index (χ1v) is 7.26. The summed E-state index contributed by atoms with van der Waals surface area (Å²) in [5, 5.41) is 9.06. The van der Waals surface area contributed by atoms with Crippen molar-refractivity contribution in [3.63, 3.8) is 0 Å². The van der Waals surface area contributed by atoms with E-state index < -0.39 is 5.97 Å². The van der Waals surface area contributed by atoms with Gasteiger partial charge in [-0.25, -0.2) is 0 Å². The van der Waals surface area contributed by atoms with E-state index in [-0.39, 0.29) is 11.7 Å². The molecule has 0 spiro atoms. The van der Waals surface area contributed by atoms with Crippen molar-refractivity contribution in [2.75, 3.05) is 26.2 Å². The van der Waals surface area contributed by atoms with Gasteiger partial charge in [-0.05, 0) is 38.4 Å². The summed E-state index contributed by atoms with van der Waals surface area (Å²) in [5.41, 5.74) is 0.583. The summed E-state index contributed by atoms with van der Waals surface area (Å²) in [7, 11) is 0. The average molecular weight is 291 g/mol. The van der Waals surface area contributed by atoms with Gasteiger partial charge in [0.2, 0.25) is 0 Å². The van der Waals surface area contributed by atoms with Crippen LogP contribution in [0.2, 0.25) is 0 Å². The van der Waals surface area contributed by atoms with Gasteiger partial charge in [0, 0.05) is 13.1 Å². The zero-order valence-corrected chi connectivity index (χ0v) is 12.2. The number of para-hydroxylation sites is 1. The molecule has 1 heterocycles. The Morgan fingerprint density at radius 3 is 2.86 bits per heavy atom. The number of rotatable bonds is 6. The Balaban J connectivity index is 1.84. The molecule has 1 fully saturated rings. The number of aliphatic carboxylic acids is 1. The minimum absolute atomic E-state index is 0.0190. The first-order chi connectivity index (χ1) is 10.1. The second-order valence-electron chi connectivity index (χ2n) is 5.38. The number of carboxylic acid groups (broad SMARTS) is 1. The molecule has 0 aromatic heterocycles. The fourth-order valence-corrected chi connectivity index (χ4v) is 2.63. The molecule has 21 heavy (non-hydrogen) atoms. The molecule has 5 nitrogen and oxygen atoms in total. The predicted molar refractivity (Wildman–Crippen MR) is 78.7 cm³/mol. The largest absolute Gasteiger partial charge is 0.491 e. The van der Waals surface area contributed by atoms with E-state index in [1.807, 2.05) is 12.1 Å². The number of ether oxygens (including phenoxy) is 1. The number of piperidine rings is 1. The van der Waals surface area contributed by atoms with E-state index in [2.05, 4.69) is 4.90 Å². The van der Waals surface area contributed by atoms with Gasteiger partial charge in [-0.2, -0.15) is 0 Å². The third-order valence-corrected chi connectivity index (χ3v) is 3.79. The minimum Gasteiger partial charge on any atom is -0.491 e. The Labute approximate surface area is 124 Å². The van der Waals surface area contributed by atoms with Crippen LogP contribution >= 0.6 is 0 Å². The highest BCUT2D eigenvalue weighted by Crippen LogP contribution is 2.19. The molecule has 5 heteroatoms. The van der Waals surface area contributed by atoms with E-state index in [4.69, 9.17) is 9.84 Å². The lowest BCUT2D eigenvalue weighted by Crippen LogP contribution is -2.40. The Kier molecular flexibility index (Phi) is 5.33. The van der Waals surface area contributed by atoms with Crippen LogP contribution in [0.5, 0.6) is 5.75 Å². The van der Waals surface area contributed by atoms with Crippen LogP contribution in [0.4, 0.5) is 0 Å². The normalized spacial score (nSPS) is 19.2. The lowest BCUT2D eigenvalue weighted by Gasteiger charge is -2.30. The van der Waals surface area contributed by atoms with E-state index in [1.165, 1.54) is 6.92 Å². The molecular weight excluding hydrogens is 270 g/mol. The predicted octanol–water partition coefficient (Wildman–Crippen LogP) is 2.06. The lowest BCUT2D eigenvalue weighted by molar-refractivity contribution is -0.143. The van der Waals surface area contributed by atoms with Crippen molar-refractivity contribution in [1.29, 1.82) is 0 Å². The van der Waals surface area contributed by atoms with E-state index in [0.717, 1.165) is 19.4 Å². The summed E-state index contributed by atoms with van der Waals surface area (Å²) in [5.74, 6) is -0.419. The van der Waals surface area contributed by atoms with Crippen LogP contribution < -0.4 is 4.74 Å². The smallest absolute Gasteiger partial charge is 0.307 e. The third-order valence-electron chi connectivity index (χ3n) is 3.79. The standard InChI is InChI=1S/C16H21NO4/c1-12(18)14-6-2-3-7-15(14)21-10-9-17-8-4-5-13(11-17)16(19)20/h2-3,6-7,13H,4-5,8-11H2,1H3,(H,19,20). The number of ketones is 1. The number of hydrogen-bond acceptors (Lipinski definition) is 4. The summed E-state index contributed by atoms with van der Waals surface area (Å²) >= 11 is 0. The van der Waals surface area contributed by atoms with Crippen LogP contribution in [0.3, 0.4) is 0 Å². The van der Waals surface area contributed by atoms with Gasteiger partial charge in [0.25, 0.3) is 0 Å². The third kappa shape index (κ3) is 4.29. The number of Topliss-reactive ketones (excluding diaryl/α,β-unsaturated/α-hetero) is 1. The lowest BCUT2D eigenvalue weighted by atomic mass is 9.98. The van der Waals surface area contributed by atoms with Gasteiger partial charge in [0.1, 0.15) is 12.4 Å². The molecule has 0 saturated carbocycles. The number of benzene rings is 1. The molecule has 114 valence electrons. The van der Waals surface area contributed by atoms with Crippen molar-refractivity contribution >= 4 is 11.8 Å². The summed E-state index contributed by atoms with van der Waals surface area (Å²) < 4.78 is 5.69. The minimum atomic E-state index is -0.720. The molecule has 1 aromatic carbocycles. The number of likely N-dealkylation sites (tertiary alicyclic amines) is 1. The van der Waals surface area contributed by atoms with Crippen LogP contribution in [0, 0.1) is 5.92 Å². The van der Waals surface area contributed by atoms with Crippen LogP contribution in [0.25, 0.3) is 0 Å². The number of nitrogens with zero attached hydrogens (tertiary/aromatic N) is 1. The van der Waals surface area contributed by atoms with Crippen molar-refractivity contribution in [1.82, 2.24) is 4.90 Å². The fourth-order valence-electron chi connectivity index (χ4n) is 2.63. The maximum absolute atomic E-state index is 11.5. The first kappa shape index (κ1) is 15.5. The van der Waals surface area contributed by atoms with E-state index in [1.54, 1.807) is 12.1 Å². The Hall–Kier alpha value is -1.88. The highest BCUT2D eigenvalue weighted by Gasteiger charge is 2.25. The first-order valence-electron chi connectivity index (χ1n) is 7.26. The Bertz CT molecular complexity index is 515. The number of carbonyl (C=O) groups is 2. The van der Waals surface area contributed by atoms with Crippen molar-refractivity contribution in [2.24, 2.45) is 5.92 Å². The maximum Gasteiger partial charge on any atom is 0.307 e. The summed E-state index contributed by atoms with van der Waals surface area (Å²) in [6.07, 6.45) is 1.65. The monoisotopic (exact) mass is 291 g/mol. The molecule has 0 amide bonds. The van der Waals surface area contributed by atoms with Crippen molar-refractivity contribution in [3.05, 3.63) is 29.8 Å². The van der Waals surface area contributed by atoms with E-state index >= 15 is 0 Å².